The lowest BCUT2D eigenvalue weighted by atomic mass is 10.1. The molecule has 5 heteroatoms. The molecule has 0 aliphatic carbocycles. The van der Waals surface area contributed by atoms with Gasteiger partial charge in [-0.05, 0) is 37.6 Å². The van der Waals surface area contributed by atoms with E-state index in [-0.39, 0.29) is 18.4 Å². The molecule has 1 aliphatic rings. The average Bonchev–Trinajstić information content (AvgIpc) is 2.73. The summed E-state index contributed by atoms with van der Waals surface area (Å²) in [5, 5.41) is 3.79. The van der Waals surface area contributed by atoms with Crippen molar-refractivity contribution in [1.29, 1.82) is 0 Å². The number of carbonyl (C=O) groups is 2. The highest BCUT2D eigenvalue weighted by molar-refractivity contribution is 6.00. The Kier molecular flexibility index (Phi) is 2.97. The fourth-order valence-electron chi connectivity index (χ4n) is 2.59. The Labute approximate surface area is 117 Å². The Hall–Kier alpha value is -2.30. The maximum Gasteiger partial charge on any atom is 0.254 e. The van der Waals surface area contributed by atoms with Crippen LogP contribution < -0.4 is 5.32 Å². The molecule has 5 nitrogen and oxygen atoms in total. The third-order valence-corrected chi connectivity index (χ3v) is 3.88. The van der Waals surface area contributed by atoms with Gasteiger partial charge in [0.25, 0.3) is 5.91 Å². The number of hydrogen-bond donors (Lipinski definition) is 2. The number of rotatable bonds is 1. The maximum atomic E-state index is 12.4. The predicted octanol–water partition coefficient (Wildman–Crippen LogP) is 1.36. The molecule has 0 saturated carbocycles. The van der Waals surface area contributed by atoms with Crippen molar-refractivity contribution in [2.75, 3.05) is 19.6 Å². The monoisotopic (exact) mass is 271 g/mol. The molecule has 1 fully saturated rings. The Balaban J connectivity index is 1.95. The lowest BCUT2D eigenvalue weighted by molar-refractivity contribution is -0.123. The van der Waals surface area contributed by atoms with Crippen molar-refractivity contribution >= 4 is 22.7 Å². The molecule has 1 aromatic heterocycles. The average molecular weight is 271 g/mol. The van der Waals surface area contributed by atoms with Crippen LogP contribution in [0.1, 0.15) is 21.6 Å². The van der Waals surface area contributed by atoms with Gasteiger partial charge in [-0.15, -0.1) is 0 Å². The number of aromatic nitrogens is 1. The molecule has 1 aromatic carbocycles. The van der Waals surface area contributed by atoms with Crippen molar-refractivity contribution in [3.8, 4) is 0 Å². The number of H-pyrrole nitrogens is 1. The number of fused-ring (bicyclic) bond motifs is 1. The van der Waals surface area contributed by atoms with Gasteiger partial charge in [-0.25, -0.2) is 0 Å². The normalized spacial score (nSPS) is 15.5. The Morgan fingerprint density at radius 2 is 2.10 bits per heavy atom. The van der Waals surface area contributed by atoms with Crippen LogP contribution in [-0.4, -0.2) is 41.3 Å². The molecule has 1 aliphatic heterocycles. The largest absolute Gasteiger partial charge is 0.358 e. The van der Waals surface area contributed by atoms with Crippen molar-refractivity contribution in [1.82, 2.24) is 15.2 Å². The molecule has 0 spiro atoms. The van der Waals surface area contributed by atoms with Gasteiger partial charge in [0.15, 0.2) is 0 Å². The van der Waals surface area contributed by atoms with E-state index in [1.54, 1.807) is 4.90 Å². The summed E-state index contributed by atoms with van der Waals surface area (Å²) in [7, 11) is 0. The molecular weight excluding hydrogens is 254 g/mol. The summed E-state index contributed by atoms with van der Waals surface area (Å²) >= 11 is 0. The number of nitrogens with zero attached hydrogens (tertiary/aromatic N) is 1. The number of carbonyl (C=O) groups excluding carboxylic acids is 2. The van der Waals surface area contributed by atoms with Crippen LogP contribution in [0.4, 0.5) is 0 Å². The standard InChI is InChI=1S/C15H17N3O2/c1-9-10(2)17-13-4-3-11(7-12(9)13)15(20)18-6-5-16-14(19)8-18/h3-4,7,17H,5-6,8H2,1-2H3,(H,16,19). The number of amides is 2. The predicted molar refractivity (Wildman–Crippen MR) is 76.7 cm³/mol. The van der Waals surface area contributed by atoms with Crippen LogP contribution in [0.3, 0.4) is 0 Å². The van der Waals surface area contributed by atoms with Crippen LogP contribution in [0.15, 0.2) is 18.2 Å². The van der Waals surface area contributed by atoms with E-state index in [1.165, 1.54) is 0 Å². The summed E-state index contributed by atoms with van der Waals surface area (Å²) < 4.78 is 0. The fraction of sp³-hybridized carbons (Fsp3) is 0.333. The molecule has 0 unspecified atom stereocenters. The first-order valence-electron chi connectivity index (χ1n) is 6.71. The molecule has 104 valence electrons. The number of aryl methyl sites for hydroxylation is 2. The van der Waals surface area contributed by atoms with E-state index in [1.807, 2.05) is 32.0 Å². The van der Waals surface area contributed by atoms with Gasteiger partial charge in [0, 0.05) is 35.2 Å². The van der Waals surface area contributed by atoms with Crippen molar-refractivity contribution in [2.24, 2.45) is 0 Å². The molecule has 0 atom stereocenters. The van der Waals surface area contributed by atoms with E-state index >= 15 is 0 Å². The van der Waals surface area contributed by atoms with Crippen molar-refractivity contribution < 1.29 is 9.59 Å². The van der Waals surface area contributed by atoms with Crippen molar-refractivity contribution in [3.63, 3.8) is 0 Å². The minimum atomic E-state index is -0.0978. The van der Waals surface area contributed by atoms with E-state index in [0.717, 1.165) is 22.2 Å². The number of aromatic amines is 1. The summed E-state index contributed by atoms with van der Waals surface area (Å²) in [6.07, 6.45) is 0. The SMILES string of the molecule is Cc1[nH]c2ccc(C(=O)N3CCNC(=O)C3)cc2c1C. The quantitative estimate of drug-likeness (QED) is 0.822. The number of piperazine rings is 1. The van der Waals surface area contributed by atoms with Crippen LogP contribution >= 0.6 is 0 Å². The van der Waals surface area contributed by atoms with Gasteiger partial charge in [0.05, 0.1) is 6.54 Å². The first-order chi connectivity index (χ1) is 9.56. The summed E-state index contributed by atoms with van der Waals surface area (Å²) in [6.45, 7) is 5.29. The smallest absolute Gasteiger partial charge is 0.254 e. The summed E-state index contributed by atoms with van der Waals surface area (Å²) in [6, 6.07) is 5.64. The van der Waals surface area contributed by atoms with Gasteiger partial charge in [0.2, 0.25) is 5.91 Å². The first kappa shape index (κ1) is 12.7. The van der Waals surface area contributed by atoms with Crippen LogP contribution in [0, 0.1) is 13.8 Å². The molecule has 0 radical (unpaired) electrons. The molecule has 20 heavy (non-hydrogen) atoms. The highest BCUT2D eigenvalue weighted by Crippen LogP contribution is 2.23. The first-order valence-corrected chi connectivity index (χ1v) is 6.71. The molecule has 1 saturated heterocycles. The fourth-order valence-corrected chi connectivity index (χ4v) is 2.59. The molecule has 2 N–H and O–H groups in total. The van der Waals surface area contributed by atoms with Gasteiger partial charge in [-0.2, -0.15) is 0 Å². The van der Waals surface area contributed by atoms with Crippen LogP contribution in [-0.2, 0) is 4.79 Å². The maximum absolute atomic E-state index is 12.4. The summed E-state index contributed by atoms with van der Waals surface area (Å²) in [5.74, 6) is -0.181. The van der Waals surface area contributed by atoms with E-state index < -0.39 is 0 Å². The molecule has 2 heterocycles. The zero-order valence-electron chi connectivity index (χ0n) is 11.6. The molecular formula is C15H17N3O2. The summed E-state index contributed by atoms with van der Waals surface area (Å²) in [4.78, 5) is 28.7. The minimum Gasteiger partial charge on any atom is -0.358 e. The van der Waals surface area contributed by atoms with Crippen LogP contribution in [0.25, 0.3) is 10.9 Å². The van der Waals surface area contributed by atoms with Crippen molar-refractivity contribution in [3.05, 3.63) is 35.0 Å². The number of benzene rings is 1. The lowest BCUT2D eigenvalue weighted by Gasteiger charge is -2.26. The van der Waals surface area contributed by atoms with Gasteiger partial charge >= 0.3 is 0 Å². The van der Waals surface area contributed by atoms with Crippen LogP contribution in [0.2, 0.25) is 0 Å². The highest BCUT2D eigenvalue weighted by atomic mass is 16.2. The van der Waals surface area contributed by atoms with Gasteiger partial charge in [-0.1, -0.05) is 0 Å². The lowest BCUT2D eigenvalue weighted by Crippen LogP contribution is -2.49. The zero-order valence-corrected chi connectivity index (χ0v) is 11.6. The Morgan fingerprint density at radius 3 is 2.85 bits per heavy atom. The third kappa shape index (κ3) is 2.05. The molecule has 3 rings (SSSR count). The number of nitrogens with one attached hydrogen (secondary N) is 2. The topological polar surface area (TPSA) is 65.2 Å². The Morgan fingerprint density at radius 1 is 1.30 bits per heavy atom. The molecule has 0 bridgehead atoms. The van der Waals surface area contributed by atoms with E-state index in [4.69, 9.17) is 0 Å². The van der Waals surface area contributed by atoms with E-state index in [9.17, 15) is 9.59 Å². The number of hydrogen-bond acceptors (Lipinski definition) is 2. The zero-order chi connectivity index (χ0) is 14.3. The van der Waals surface area contributed by atoms with E-state index in [0.29, 0.717) is 18.7 Å². The minimum absolute atomic E-state index is 0.0833. The highest BCUT2D eigenvalue weighted by Gasteiger charge is 2.22. The van der Waals surface area contributed by atoms with Gasteiger partial charge < -0.3 is 15.2 Å². The van der Waals surface area contributed by atoms with Gasteiger partial charge in [0.1, 0.15) is 0 Å². The second-order valence-corrected chi connectivity index (χ2v) is 5.21. The Bertz CT molecular complexity index is 702. The second kappa shape index (κ2) is 4.67. The van der Waals surface area contributed by atoms with Crippen LogP contribution in [0.5, 0.6) is 0 Å². The molecule has 2 aromatic rings. The summed E-state index contributed by atoms with van der Waals surface area (Å²) in [5.41, 5.74) is 3.94. The van der Waals surface area contributed by atoms with Gasteiger partial charge in [-0.3, -0.25) is 9.59 Å². The molecule has 2 amide bonds. The second-order valence-electron chi connectivity index (χ2n) is 5.21. The van der Waals surface area contributed by atoms with Crippen molar-refractivity contribution in [2.45, 2.75) is 13.8 Å². The van der Waals surface area contributed by atoms with E-state index in [2.05, 4.69) is 10.3 Å². The third-order valence-electron chi connectivity index (χ3n) is 3.88.